The number of nitrogens with zero attached hydrogens (tertiary/aromatic N) is 2. The van der Waals surface area contributed by atoms with Crippen LogP contribution in [-0.4, -0.2) is 41.3 Å². The molecule has 7 heteroatoms. The average Bonchev–Trinajstić information content (AvgIpc) is 3.58. The van der Waals surface area contributed by atoms with Crippen LogP contribution < -0.4 is 14.2 Å². The molecule has 0 aliphatic heterocycles. The SMILES string of the molecule is COc1ccccc1-c1cnc(-c2cccc(-c3ncc(-c4ccccc4OC)[nH]3)c2OC)[nH]1. The highest BCUT2D eigenvalue weighted by molar-refractivity contribution is 5.80. The minimum Gasteiger partial charge on any atom is -0.496 e. The van der Waals surface area contributed by atoms with Gasteiger partial charge in [0.2, 0.25) is 0 Å². The standard InChI is InChI=1S/C27H24N4O3/c1-32-23-13-6-4-9-17(23)21-15-28-26(30-21)19-11-8-12-20(25(19)34-3)27-29-16-22(31-27)18-10-5-7-14-24(18)33-2/h4-16H,1-3H3,(H,28,30)(H,29,31). The normalized spacial score (nSPS) is 10.8. The molecule has 3 aromatic carbocycles. The predicted octanol–water partition coefficient (Wildman–Crippen LogP) is 5.83. The molecule has 0 atom stereocenters. The molecule has 0 unspecified atom stereocenters. The minimum atomic E-state index is 0.671. The van der Waals surface area contributed by atoms with Crippen LogP contribution in [0, 0.1) is 0 Å². The van der Waals surface area contributed by atoms with Gasteiger partial charge >= 0.3 is 0 Å². The summed E-state index contributed by atoms with van der Waals surface area (Å²) < 4.78 is 16.8. The second-order valence-corrected chi connectivity index (χ2v) is 7.58. The number of H-pyrrole nitrogens is 2. The number of aromatic nitrogens is 4. The number of ether oxygens (including phenoxy) is 3. The molecule has 0 aliphatic rings. The molecule has 34 heavy (non-hydrogen) atoms. The summed E-state index contributed by atoms with van der Waals surface area (Å²) in [5.74, 6) is 3.60. The molecule has 170 valence electrons. The van der Waals surface area contributed by atoms with Crippen LogP contribution in [0.4, 0.5) is 0 Å². The van der Waals surface area contributed by atoms with Crippen molar-refractivity contribution in [1.82, 2.24) is 19.9 Å². The lowest BCUT2D eigenvalue weighted by atomic mass is 10.1. The number of imidazole rings is 2. The summed E-state index contributed by atoms with van der Waals surface area (Å²) in [5.41, 5.74) is 5.25. The number of aromatic amines is 2. The zero-order valence-corrected chi connectivity index (χ0v) is 19.1. The van der Waals surface area contributed by atoms with Crippen LogP contribution in [0.3, 0.4) is 0 Å². The lowest BCUT2D eigenvalue weighted by molar-refractivity contribution is 0.416. The summed E-state index contributed by atoms with van der Waals surface area (Å²) in [7, 11) is 4.97. The second kappa shape index (κ2) is 9.15. The first-order valence-electron chi connectivity index (χ1n) is 10.8. The van der Waals surface area contributed by atoms with Gasteiger partial charge in [0.05, 0.1) is 56.2 Å². The predicted molar refractivity (Wildman–Crippen MR) is 132 cm³/mol. The van der Waals surface area contributed by atoms with Crippen molar-refractivity contribution < 1.29 is 14.2 Å². The van der Waals surface area contributed by atoms with Gasteiger partial charge in [-0.3, -0.25) is 0 Å². The molecule has 0 saturated carbocycles. The summed E-state index contributed by atoms with van der Waals surface area (Å²) in [6.07, 6.45) is 3.60. The van der Waals surface area contributed by atoms with Crippen LogP contribution in [0.5, 0.6) is 17.2 Å². The Balaban J connectivity index is 1.55. The highest BCUT2D eigenvalue weighted by Crippen LogP contribution is 2.39. The summed E-state index contributed by atoms with van der Waals surface area (Å²) in [6, 6.07) is 21.5. The first kappa shape index (κ1) is 21.3. The largest absolute Gasteiger partial charge is 0.496 e. The maximum atomic E-state index is 5.84. The Kier molecular flexibility index (Phi) is 5.74. The molecule has 7 nitrogen and oxygen atoms in total. The van der Waals surface area contributed by atoms with Crippen molar-refractivity contribution in [2.24, 2.45) is 0 Å². The molecular weight excluding hydrogens is 428 g/mol. The van der Waals surface area contributed by atoms with Gasteiger partial charge in [-0.1, -0.05) is 30.3 Å². The highest BCUT2D eigenvalue weighted by atomic mass is 16.5. The van der Waals surface area contributed by atoms with Gasteiger partial charge in [0, 0.05) is 11.1 Å². The van der Waals surface area contributed by atoms with Crippen molar-refractivity contribution in [2.45, 2.75) is 0 Å². The first-order chi connectivity index (χ1) is 16.7. The molecule has 2 aromatic heterocycles. The van der Waals surface area contributed by atoms with Crippen molar-refractivity contribution in [1.29, 1.82) is 0 Å². The summed E-state index contributed by atoms with van der Waals surface area (Å²) in [6.45, 7) is 0. The van der Waals surface area contributed by atoms with Crippen molar-refractivity contribution >= 4 is 0 Å². The summed E-state index contributed by atoms with van der Waals surface area (Å²) >= 11 is 0. The third kappa shape index (κ3) is 3.77. The van der Waals surface area contributed by atoms with Crippen LogP contribution in [-0.2, 0) is 0 Å². The molecule has 0 saturated heterocycles. The first-order valence-corrected chi connectivity index (χ1v) is 10.8. The Morgan fingerprint density at radius 1 is 0.529 bits per heavy atom. The fourth-order valence-electron chi connectivity index (χ4n) is 4.05. The van der Waals surface area contributed by atoms with Gasteiger partial charge in [-0.15, -0.1) is 0 Å². The fourth-order valence-corrected chi connectivity index (χ4v) is 4.05. The van der Waals surface area contributed by atoms with Gasteiger partial charge in [-0.2, -0.15) is 0 Å². The Hall–Kier alpha value is -4.52. The van der Waals surface area contributed by atoms with Crippen LogP contribution >= 0.6 is 0 Å². The third-order valence-corrected chi connectivity index (χ3v) is 5.68. The van der Waals surface area contributed by atoms with Gasteiger partial charge in [0.15, 0.2) is 0 Å². The van der Waals surface area contributed by atoms with E-state index in [1.165, 1.54) is 0 Å². The van der Waals surface area contributed by atoms with Gasteiger partial charge in [0.1, 0.15) is 28.9 Å². The van der Waals surface area contributed by atoms with E-state index in [0.717, 1.165) is 45.1 Å². The molecule has 0 amide bonds. The number of methoxy groups -OCH3 is 3. The quantitative estimate of drug-likeness (QED) is 0.325. The lowest BCUT2D eigenvalue weighted by Gasteiger charge is -2.11. The number of benzene rings is 3. The summed E-state index contributed by atoms with van der Waals surface area (Å²) in [4.78, 5) is 16.0. The van der Waals surface area contributed by atoms with E-state index in [-0.39, 0.29) is 0 Å². The minimum absolute atomic E-state index is 0.671. The molecule has 2 heterocycles. The van der Waals surface area contributed by atoms with Crippen LogP contribution in [0.1, 0.15) is 0 Å². The molecule has 0 fully saturated rings. The zero-order valence-electron chi connectivity index (χ0n) is 19.1. The van der Waals surface area contributed by atoms with E-state index in [1.807, 2.05) is 66.7 Å². The molecule has 5 rings (SSSR count). The fraction of sp³-hybridized carbons (Fsp3) is 0.111. The van der Waals surface area contributed by atoms with Gasteiger partial charge in [0.25, 0.3) is 0 Å². The molecule has 5 aromatic rings. The monoisotopic (exact) mass is 452 g/mol. The molecule has 0 aliphatic carbocycles. The lowest BCUT2D eigenvalue weighted by Crippen LogP contribution is -1.94. The van der Waals surface area contributed by atoms with E-state index in [0.29, 0.717) is 17.4 Å². The number of hydrogen-bond donors (Lipinski definition) is 2. The summed E-state index contributed by atoms with van der Waals surface area (Å²) in [5, 5.41) is 0. The smallest absolute Gasteiger partial charge is 0.141 e. The van der Waals surface area contributed by atoms with Gasteiger partial charge < -0.3 is 24.2 Å². The van der Waals surface area contributed by atoms with Crippen LogP contribution in [0.2, 0.25) is 0 Å². The van der Waals surface area contributed by atoms with Crippen molar-refractivity contribution in [3.8, 4) is 62.5 Å². The van der Waals surface area contributed by atoms with E-state index in [4.69, 9.17) is 14.2 Å². The Bertz CT molecular complexity index is 1330. The maximum Gasteiger partial charge on any atom is 0.141 e. The van der Waals surface area contributed by atoms with Gasteiger partial charge in [-0.25, -0.2) is 9.97 Å². The van der Waals surface area contributed by atoms with E-state index in [1.54, 1.807) is 33.7 Å². The van der Waals surface area contributed by atoms with Crippen molar-refractivity contribution in [2.75, 3.05) is 21.3 Å². The number of nitrogens with one attached hydrogen (secondary N) is 2. The molecule has 2 N–H and O–H groups in total. The van der Waals surface area contributed by atoms with E-state index in [9.17, 15) is 0 Å². The van der Waals surface area contributed by atoms with Gasteiger partial charge in [-0.05, 0) is 36.4 Å². The number of hydrogen-bond acceptors (Lipinski definition) is 5. The van der Waals surface area contributed by atoms with Crippen LogP contribution in [0.15, 0.2) is 79.1 Å². The van der Waals surface area contributed by atoms with Crippen LogP contribution in [0.25, 0.3) is 45.3 Å². The average molecular weight is 453 g/mol. The number of rotatable bonds is 7. The second-order valence-electron chi connectivity index (χ2n) is 7.58. The van der Waals surface area contributed by atoms with Crippen molar-refractivity contribution in [3.05, 3.63) is 79.1 Å². The molecular formula is C27H24N4O3. The topological polar surface area (TPSA) is 85.1 Å². The molecule has 0 radical (unpaired) electrons. The van der Waals surface area contributed by atoms with E-state index < -0.39 is 0 Å². The maximum absolute atomic E-state index is 5.84. The Morgan fingerprint density at radius 2 is 0.971 bits per heavy atom. The Morgan fingerprint density at radius 3 is 1.41 bits per heavy atom. The molecule has 0 spiro atoms. The van der Waals surface area contributed by atoms with E-state index in [2.05, 4.69) is 19.9 Å². The molecule has 0 bridgehead atoms. The zero-order chi connectivity index (χ0) is 23.5. The highest BCUT2D eigenvalue weighted by Gasteiger charge is 2.18. The Labute approximate surface area is 197 Å². The van der Waals surface area contributed by atoms with E-state index >= 15 is 0 Å². The third-order valence-electron chi connectivity index (χ3n) is 5.68. The number of para-hydroxylation sites is 3. The van der Waals surface area contributed by atoms with Crippen molar-refractivity contribution in [3.63, 3.8) is 0 Å².